The second-order valence-electron chi connectivity index (χ2n) is 9.21. The van der Waals surface area contributed by atoms with Gasteiger partial charge in [-0.2, -0.15) is 10.4 Å². The molecule has 11 heteroatoms. The molecule has 0 fully saturated rings. The van der Waals surface area contributed by atoms with Crippen LogP contribution in [-0.4, -0.2) is 48.0 Å². The predicted octanol–water partition coefficient (Wildman–Crippen LogP) is 4.75. The minimum Gasteiger partial charge on any atom is -0.406 e. The summed E-state index contributed by atoms with van der Waals surface area (Å²) < 4.78 is 47.1. The highest BCUT2D eigenvalue weighted by Crippen LogP contribution is 2.31. The summed E-state index contributed by atoms with van der Waals surface area (Å²) >= 11 is 0. The molecule has 0 radical (unpaired) electrons. The van der Waals surface area contributed by atoms with Crippen LogP contribution in [0.3, 0.4) is 0 Å². The van der Waals surface area contributed by atoms with Crippen LogP contribution in [-0.2, 0) is 23.3 Å². The molecule has 1 aromatic heterocycles. The molecule has 0 aliphatic carbocycles. The maximum absolute atomic E-state index is 12.5. The molecule has 37 heavy (non-hydrogen) atoms. The van der Waals surface area contributed by atoms with E-state index in [1.54, 1.807) is 12.3 Å². The van der Waals surface area contributed by atoms with Gasteiger partial charge in [0.1, 0.15) is 5.75 Å². The average molecular weight is 520 g/mol. The third-order valence-corrected chi connectivity index (χ3v) is 5.79. The smallest absolute Gasteiger partial charge is 0.406 e. The fraction of sp³-hybridized carbons (Fsp3) is 0.462. The van der Waals surface area contributed by atoms with Gasteiger partial charge >= 0.3 is 6.36 Å². The number of aromatic amines is 1. The lowest BCUT2D eigenvalue weighted by Gasteiger charge is -2.18. The molecule has 0 saturated carbocycles. The van der Waals surface area contributed by atoms with Crippen molar-refractivity contribution < 1.29 is 27.8 Å². The van der Waals surface area contributed by atoms with Gasteiger partial charge in [-0.3, -0.25) is 5.10 Å². The number of halogens is 3. The van der Waals surface area contributed by atoms with E-state index in [4.69, 9.17) is 4.74 Å². The van der Waals surface area contributed by atoms with Crippen LogP contribution in [0.15, 0.2) is 36.5 Å². The van der Waals surface area contributed by atoms with Crippen LogP contribution >= 0.6 is 0 Å². The summed E-state index contributed by atoms with van der Waals surface area (Å²) in [6.07, 6.45) is -1.37. The predicted molar refractivity (Wildman–Crippen MR) is 134 cm³/mol. The van der Waals surface area contributed by atoms with Gasteiger partial charge in [0, 0.05) is 30.8 Å². The normalized spacial score (nSPS) is 12.0. The van der Waals surface area contributed by atoms with Crippen LogP contribution in [0.2, 0.25) is 0 Å². The van der Waals surface area contributed by atoms with E-state index >= 15 is 0 Å². The zero-order valence-corrected chi connectivity index (χ0v) is 20.9. The Labute approximate surface area is 213 Å². The number of nitriles is 1. The number of fused-ring (bicyclic) bond motifs is 1. The quantitative estimate of drug-likeness (QED) is 0.227. The third-order valence-electron chi connectivity index (χ3n) is 5.79. The highest BCUT2D eigenvalue weighted by Gasteiger charge is 2.31. The Hall–Kier alpha value is -3.33. The molecule has 200 valence electrons. The molecule has 1 heterocycles. The summed E-state index contributed by atoms with van der Waals surface area (Å²) in [7, 11) is 0. The van der Waals surface area contributed by atoms with E-state index < -0.39 is 11.8 Å². The van der Waals surface area contributed by atoms with Gasteiger partial charge in [-0.05, 0) is 74.2 Å². The van der Waals surface area contributed by atoms with Crippen LogP contribution in [0.4, 0.5) is 18.9 Å². The Morgan fingerprint density at radius 2 is 1.84 bits per heavy atom. The lowest BCUT2D eigenvalue weighted by Crippen LogP contribution is -2.18. The molecule has 2 aromatic carbocycles. The number of unbranched alkanes of at least 4 members (excludes halogenated alkanes) is 1. The number of hydrogen-bond acceptors (Lipinski definition) is 7. The number of aliphatic hydroxyl groups is 1. The van der Waals surface area contributed by atoms with Gasteiger partial charge in [0.2, 0.25) is 0 Å². The average Bonchev–Trinajstić information content (AvgIpc) is 3.33. The SMILES string of the molecule is CC(C)(C#N)c1cc(NCCOCCCCNCc2cc(CO)cc(OC(F)(F)F)c2)c2cn[nH]c2c1. The molecule has 0 aliphatic heterocycles. The van der Waals surface area contributed by atoms with Crippen molar-refractivity contribution in [2.75, 3.05) is 31.6 Å². The molecule has 3 rings (SSSR count). The van der Waals surface area contributed by atoms with Crippen molar-refractivity contribution in [2.45, 2.75) is 51.6 Å². The number of hydrogen-bond donors (Lipinski definition) is 4. The Bertz CT molecular complexity index is 1200. The number of ether oxygens (including phenoxy) is 2. The monoisotopic (exact) mass is 519 g/mol. The van der Waals surface area contributed by atoms with Gasteiger partial charge in [-0.1, -0.05) is 6.07 Å². The lowest BCUT2D eigenvalue weighted by molar-refractivity contribution is -0.274. The van der Waals surface area contributed by atoms with Crippen molar-refractivity contribution >= 4 is 16.6 Å². The Balaban J connectivity index is 1.34. The maximum atomic E-state index is 12.5. The molecule has 0 atom stereocenters. The van der Waals surface area contributed by atoms with E-state index in [-0.39, 0.29) is 12.4 Å². The van der Waals surface area contributed by atoms with Crippen molar-refractivity contribution in [1.29, 1.82) is 5.26 Å². The van der Waals surface area contributed by atoms with Crippen molar-refractivity contribution in [3.05, 3.63) is 53.2 Å². The van der Waals surface area contributed by atoms with Gasteiger partial charge in [-0.15, -0.1) is 13.2 Å². The summed E-state index contributed by atoms with van der Waals surface area (Å²) in [5, 5.41) is 33.3. The molecule has 4 N–H and O–H groups in total. The first kappa shape index (κ1) is 28.2. The van der Waals surface area contributed by atoms with Crippen molar-refractivity contribution in [3.8, 4) is 11.8 Å². The first-order valence-electron chi connectivity index (χ1n) is 12.0. The number of benzene rings is 2. The highest BCUT2D eigenvalue weighted by molar-refractivity contribution is 5.92. The molecule has 0 unspecified atom stereocenters. The number of aliphatic hydroxyl groups excluding tert-OH is 1. The zero-order chi connectivity index (χ0) is 26.9. The summed E-state index contributed by atoms with van der Waals surface area (Å²) in [6, 6.07) is 10.4. The minimum atomic E-state index is -4.78. The van der Waals surface area contributed by atoms with E-state index in [2.05, 4.69) is 31.6 Å². The van der Waals surface area contributed by atoms with Crippen molar-refractivity contribution in [2.24, 2.45) is 0 Å². The Kier molecular flexibility index (Phi) is 9.74. The molecule has 0 amide bonds. The van der Waals surface area contributed by atoms with Crippen molar-refractivity contribution in [1.82, 2.24) is 15.5 Å². The standard InChI is InChI=1S/C26H32F3N5O3/c1-25(2,17-30)20-12-23(22-15-33-34-24(22)13-20)32-6-8-36-7-4-3-5-31-14-18-9-19(16-35)11-21(10-18)37-26(27,28)29/h9-13,15,31-32,35H,3-8,14,16H2,1-2H3,(H,33,34). The van der Waals surface area contributed by atoms with E-state index in [9.17, 15) is 23.5 Å². The fourth-order valence-electron chi connectivity index (χ4n) is 3.78. The molecule has 0 aliphatic rings. The molecular formula is C26H32F3N5O3. The first-order chi connectivity index (χ1) is 17.6. The van der Waals surface area contributed by atoms with Crippen LogP contribution in [0.5, 0.6) is 5.75 Å². The molecule has 3 aromatic rings. The van der Waals surface area contributed by atoms with Gasteiger partial charge in [0.25, 0.3) is 0 Å². The summed E-state index contributed by atoms with van der Waals surface area (Å²) in [5.41, 5.74) is 2.99. The van der Waals surface area contributed by atoms with Gasteiger partial charge in [-0.25, -0.2) is 0 Å². The number of rotatable bonds is 14. The summed E-state index contributed by atoms with van der Waals surface area (Å²) in [6.45, 7) is 6.08. The maximum Gasteiger partial charge on any atom is 0.573 e. The minimum absolute atomic E-state index is 0.341. The molecule has 0 saturated heterocycles. The Morgan fingerprint density at radius 3 is 2.57 bits per heavy atom. The number of nitrogens with zero attached hydrogens (tertiary/aromatic N) is 2. The van der Waals surface area contributed by atoms with Gasteiger partial charge < -0.3 is 25.2 Å². The van der Waals surface area contributed by atoms with Crippen LogP contribution in [0.25, 0.3) is 10.9 Å². The number of alkyl halides is 3. The second-order valence-corrected chi connectivity index (χ2v) is 9.21. The number of H-pyrrole nitrogens is 1. The second kappa shape index (κ2) is 12.8. The lowest BCUT2D eigenvalue weighted by atomic mass is 9.85. The fourth-order valence-corrected chi connectivity index (χ4v) is 3.78. The van der Waals surface area contributed by atoms with E-state index in [1.165, 1.54) is 12.1 Å². The van der Waals surface area contributed by atoms with Crippen LogP contribution < -0.4 is 15.4 Å². The molecule has 8 nitrogen and oxygen atoms in total. The summed E-state index contributed by atoms with van der Waals surface area (Å²) in [5.74, 6) is -0.341. The van der Waals surface area contributed by atoms with Crippen LogP contribution in [0, 0.1) is 11.3 Å². The third kappa shape index (κ3) is 8.63. The zero-order valence-electron chi connectivity index (χ0n) is 20.9. The van der Waals surface area contributed by atoms with Gasteiger partial charge in [0.05, 0.1) is 36.4 Å². The van der Waals surface area contributed by atoms with Gasteiger partial charge in [0.15, 0.2) is 0 Å². The summed E-state index contributed by atoms with van der Waals surface area (Å²) in [4.78, 5) is 0. The topological polar surface area (TPSA) is 115 Å². The molecular weight excluding hydrogens is 487 g/mol. The first-order valence-corrected chi connectivity index (χ1v) is 12.0. The van der Waals surface area contributed by atoms with E-state index in [1.807, 2.05) is 26.0 Å². The Morgan fingerprint density at radius 1 is 1.05 bits per heavy atom. The van der Waals surface area contributed by atoms with E-state index in [0.717, 1.165) is 35.0 Å². The molecule has 0 spiro atoms. The number of nitrogens with one attached hydrogen (secondary N) is 3. The largest absolute Gasteiger partial charge is 0.573 e. The van der Waals surface area contributed by atoms with Crippen LogP contribution in [0.1, 0.15) is 43.4 Å². The van der Waals surface area contributed by atoms with E-state index in [0.29, 0.717) is 44.0 Å². The number of aromatic nitrogens is 2. The highest BCUT2D eigenvalue weighted by atomic mass is 19.4. The molecule has 0 bridgehead atoms. The number of anilines is 1. The van der Waals surface area contributed by atoms with Crippen molar-refractivity contribution in [3.63, 3.8) is 0 Å².